The molecule has 10 heteroatoms. The Hall–Kier alpha value is -1.68. The Morgan fingerprint density at radius 2 is 2.33 bits per heavy atom. The van der Waals surface area contributed by atoms with Gasteiger partial charge in [0.1, 0.15) is 0 Å². The fourth-order valence-electron chi connectivity index (χ4n) is 2.00. The SMILES string of the molecule is COC(=O)CCCS(=O)(=O)Nc1nnc(C2CCCN2)o1. The Morgan fingerprint density at radius 3 is 3.00 bits per heavy atom. The fourth-order valence-corrected chi connectivity index (χ4v) is 2.98. The van der Waals surface area contributed by atoms with E-state index in [1.54, 1.807) is 0 Å². The van der Waals surface area contributed by atoms with Crippen LogP contribution in [0.3, 0.4) is 0 Å². The van der Waals surface area contributed by atoms with Crippen LogP contribution in [-0.4, -0.2) is 44.0 Å². The molecule has 1 atom stereocenters. The smallest absolute Gasteiger partial charge is 0.329 e. The number of aromatic nitrogens is 2. The van der Waals surface area contributed by atoms with Crippen molar-refractivity contribution < 1.29 is 22.4 Å². The summed E-state index contributed by atoms with van der Waals surface area (Å²) in [4.78, 5) is 10.9. The Morgan fingerprint density at radius 1 is 1.52 bits per heavy atom. The van der Waals surface area contributed by atoms with Crippen molar-refractivity contribution in [3.8, 4) is 0 Å². The lowest BCUT2D eigenvalue weighted by atomic mass is 10.2. The van der Waals surface area contributed by atoms with E-state index in [2.05, 4.69) is 25.0 Å². The third-order valence-corrected chi connectivity index (χ3v) is 4.38. The van der Waals surface area contributed by atoms with Crippen LogP contribution in [0.15, 0.2) is 4.42 Å². The second-order valence-corrected chi connectivity index (χ2v) is 6.54. The molecule has 118 valence electrons. The first-order valence-corrected chi connectivity index (χ1v) is 8.29. The van der Waals surface area contributed by atoms with E-state index < -0.39 is 16.0 Å². The van der Waals surface area contributed by atoms with E-state index in [0.29, 0.717) is 5.89 Å². The van der Waals surface area contributed by atoms with Crippen LogP contribution in [0.4, 0.5) is 6.01 Å². The van der Waals surface area contributed by atoms with Crippen LogP contribution in [0.25, 0.3) is 0 Å². The van der Waals surface area contributed by atoms with Gasteiger partial charge < -0.3 is 14.5 Å². The average molecular weight is 318 g/mol. The van der Waals surface area contributed by atoms with Gasteiger partial charge in [-0.05, 0) is 25.8 Å². The molecule has 1 saturated heterocycles. The average Bonchev–Trinajstić information content (AvgIpc) is 3.08. The summed E-state index contributed by atoms with van der Waals surface area (Å²) in [5.41, 5.74) is 0. The molecule has 2 N–H and O–H groups in total. The van der Waals surface area contributed by atoms with Crippen molar-refractivity contribution >= 4 is 22.0 Å². The number of methoxy groups -OCH3 is 1. The highest BCUT2D eigenvalue weighted by atomic mass is 32.2. The Labute approximate surface area is 122 Å². The maximum Gasteiger partial charge on any atom is 0.329 e. The van der Waals surface area contributed by atoms with Crippen LogP contribution in [0, 0.1) is 0 Å². The van der Waals surface area contributed by atoms with Gasteiger partial charge in [0.2, 0.25) is 15.9 Å². The van der Waals surface area contributed by atoms with Gasteiger partial charge >= 0.3 is 12.0 Å². The molecule has 0 spiro atoms. The zero-order chi connectivity index (χ0) is 15.3. The second-order valence-electron chi connectivity index (χ2n) is 4.70. The van der Waals surface area contributed by atoms with Crippen LogP contribution >= 0.6 is 0 Å². The van der Waals surface area contributed by atoms with Crippen LogP contribution in [0.5, 0.6) is 0 Å². The van der Waals surface area contributed by atoms with Crippen LogP contribution in [0.1, 0.15) is 37.6 Å². The van der Waals surface area contributed by atoms with Gasteiger partial charge in [-0.2, -0.15) is 0 Å². The highest BCUT2D eigenvalue weighted by molar-refractivity contribution is 7.92. The van der Waals surface area contributed by atoms with E-state index in [9.17, 15) is 13.2 Å². The van der Waals surface area contributed by atoms with Crippen molar-refractivity contribution in [1.29, 1.82) is 0 Å². The van der Waals surface area contributed by atoms with Gasteiger partial charge in [0.25, 0.3) is 0 Å². The molecule has 1 unspecified atom stereocenters. The van der Waals surface area contributed by atoms with E-state index in [4.69, 9.17) is 4.42 Å². The number of nitrogens with one attached hydrogen (secondary N) is 2. The molecular weight excluding hydrogens is 300 g/mol. The number of sulfonamides is 1. The van der Waals surface area contributed by atoms with Crippen molar-refractivity contribution in [2.45, 2.75) is 31.7 Å². The summed E-state index contributed by atoms with van der Waals surface area (Å²) in [5, 5.41) is 10.7. The number of esters is 1. The summed E-state index contributed by atoms with van der Waals surface area (Å²) < 4.78 is 35.5. The largest absolute Gasteiger partial charge is 0.469 e. The minimum Gasteiger partial charge on any atom is -0.469 e. The summed E-state index contributed by atoms with van der Waals surface area (Å²) in [6.45, 7) is 0.877. The number of anilines is 1. The highest BCUT2D eigenvalue weighted by Gasteiger charge is 2.23. The Balaban J connectivity index is 1.86. The molecule has 2 heterocycles. The van der Waals surface area contributed by atoms with Crippen molar-refractivity contribution in [3.63, 3.8) is 0 Å². The van der Waals surface area contributed by atoms with Gasteiger partial charge in [-0.3, -0.25) is 4.79 Å². The molecule has 1 aromatic heterocycles. The van der Waals surface area contributed by atoms with Gasteiger partial charge in [0.15, 0.2) is 0 Å². The molecule has 2 rings (SSSR count). The maximum absolute atomic E-state index is 11.8. The number of carbonyl (C=O) groups is 1. The molecule has 9 nitrogen and oxygen atoms in total. The maximum atomic E-state index is 11.8. The van der Waals surface area contributed by atoms with Gasteiger partial charge in [0.05, 0.1) is 18.9 Å². The summed E-state index contributed by atoms with van der Waals surface area (Å²) >= 11 is 0. The lowest BCUT2D eigenvalue weighted by Gasteiger charge is -2.04. The normalized spacial score (nSPS) is 18.6. The molecule has 0 aromatic carbocycles. The van der Waals surface area contributed by atoms with Crippen molar-refractivity contribution in [2.24, 2.45) is 0 Å². The highest BCUT2D eigenvalue weighted by Crippen LogP contribution is 2.23. The number of carbonyl (C=O) groups excluding carboxylic acids is 1. The zero-order valence-corrected chi connectivity index (χ0v) is 12.5. The Kier molecular flexibility index (Phi) is 5.12. The summed E-state index contributed by atoms with van der Waals surface area (Å²) in [5.74, 6) is -0.293. The summed E-state index contributed by atoms with van der Waals surface area (Å²) in [6.07, 6.45) is 2.10. The molecule has 21 heavy (non-hydrogen) atoms. The second kappa shape index (κ2) is 6.85. The van der Waals surface area contributed by atoms with Gasteiger partial charge in [0, 0.05) is 6.42 Å². The standard InChI is InChI=1S/C11H18N4O5S/c1-19-9(16)5-3-7-21(17,18)15-11-14-13-10(20-11)8-4-2-6-12-8/h8,12H,2-7H2,1H3,(H,14,15). The van der Waals surface area contributed by atoms with Crippen molar-refractivity contribution in [3.05, 3.63) is 5.89 Å². The molecule has 0 aliphatic carbocycles. The lowest BCUT2D eigenvalue weighted by Crippen LogP contribution is -2.18. The van der Waals surface area contributed by atoms with Gasteiger partial charge in [-0.25, -0.2) is 13.1 Å². The first-order valence-electron chi connectivity index (χ1n) is 6.64. The first-order chi connectivity index (χ1) is 10.00. The number of hydrogen-bond acceptors (Lipinski definition) is 8. The first kappa shape index (κ1) is 15.7. The van der Waals surface area contributed by atoms with Crippen LogP contribution < -0.4 is 10.0 Å². The van der Waals surface area contributed by atoms with Gasteiger partial charge in [-0.15, -0.1) is 5.10 Å². The monoisotopic (exact) mass is 318 g/mol. The van der Waals surface area contributed by atoms with E-state index in [1.165, 1.54) is 7.11 Å². The third-order valence-electron chi connectivity index (χ3n) is 3.06. The number of ether oxygens (including phenoxy) is 1. The predicted molar refractivity (Wildman–Crippen MR) is 72.9 cm³/mol. The molecule has 1 fully saturated rings. The van der Waals surface area contributed by atoms with E-state index >= 15 is 0 Å². The molecule has 1 aliphatic rings. The van der Waals surface area contributed by atoms with Crippen LogP contribution in [-0.2, 0) is 19.6 Å². The van der Waals surface area contributed by atoms with E-state index in [-0.39, 0.29) is 30.7 Å². The summed E-state index contributed by atoms with van der Waals surface area (Å²) in [7, 11) is -2.37. The zero-order valence-electron chi connectivity index (χ0n) is 11.7. The van der Waals surface area contributed by atoms with Crippen molar-refractivity contribution in [1.82, 2.24) is 15.5 Å². The van der Waals surface area contributed by atoms with Crippen LogP contribution in [0.2, 0.25) is 0 Å². The Bertz CT molecular complexity index is 579. The fraction of sp³-hybridized carbons (Fsp3) is 0.727. The third kappa shape index (κ3) is 4.67. The number of hydrogen-bond donors (Lipinski definition) is 2. The van der Waals surface area contributed by atoms with E-state index in [1.807, 2.05) is 0 Å². The number of nitrogens with zero attached hydrogens (tertiary/aromatic N) is 2. The molecule has 0 bridgehead atoms. The molecule has 0 radical (unpaired) electrons. The lowest BCUT2D eigenvalue weighted by molar-refractivity contribution is -0.140. The predicted octanol–water partition coefficient (Wildman–Crippen LogP) is 0.189. The molecule has 1 aliphatic heterocycles. The molecule has 1 aromatic rings. The molecule has 0 saturated carbocycles. The molecular formula is C11H18N4O5S. The van der Waals surface area contributed by atoms with Gasteiger partial charge in [-0.1, -0.05) is 5.10 Å². The quantitative estimate of drug-likeness (QED) is 0.683. The minimum absolute atomic E-state index is 0.0184. The summed E-state index contributed by atoms with van der Waals surface area (Å²) in [6, 6.07) is -0.174. The topological polar surface area (TPSA) is 123 Å². The minimum atomic E-state index is -3.62. The van der Waals surface area contributed by atoms with E-state index in [0.717, 1.165) is 19.4 Å². The molecule has 0 amide bonds. The van der Waals surface area contributed by atoms with Crippen molar-refractivity contribution in [2.75, 3.05) is 24.1 Å². The number of rotatable bonds is 7.